The van der Waals surface area contributed by atoms with E-state index in [2.05, 4.69) is 15.3 Å². The third-order valence-electron chi connectivity index (χ3n) is 5.26. The Kier molecular flexibility index (Phi) is 4.69. The Labute approximate surface area is 153 Å². The SMILES string of the molecule is Cc1c(-c2cccc(NC(=O)CC3CCCCC3)c2)nc2ncccn12. The molecule has 26 heavy (non-hydrogen) atoms. The van der Waals surface area contributed by atoms with E-state index in [1.165, 1.54) is 32.1 Å². The smallest absolute Gasteiger partial charge is 0.234 e. The number of anilines is 1. The average molecular weight is 348 g/mol. The summed E-state index contributed by atoms with van der Waals surface area (Å²) in [7, 11) is 0. The second-order valence-corrected chi connectivity index (χ2v) is 7.17. The van der Waals surface area contributed by atoms with E-state index in [1.807, 2.05) is 47.9 Å². The van der Waals surface area contributed by atoms with E-state index in [0.29, 0.717) is 18.1 Å². The van der Waals surface area contributed by atoms with Crippen LogP contribution in [-0.2, 0) is 4.79 Å². The van der Waals surface area contributed by atoms with Gasteiger partial charge in [-0.05, 0) is 43.9 Å². The molecular formula is C21H24N4O. The summed E-state index contributed by atoms with van der Waals surface area (Å²) in [6.07, 6.45) is 10.5. The number of hydrogen-bond acceptors (Lipinski definition) is 3. The summed E-state index contributed by atoms with van der Waals surface area (Å²) in [6, 6.07) is 9.81. The molecule has 0 bridgehead atoms. The van der Waals surface area contributed by atoms with Gasteiger partial charge in [-0.1, -0.05) is 31.4 Å². The molecule has 134 valence electrons. The van der Waals surface area contributed by atoms with Crippen molar-refractivity contribution in [3.63, 3.8) is 0 Å². The Balaban J connectivity index is 1.52. The zero-order valence-electron chi connectivity index (χ0n) is 15.1. The number of carbonyl (C=O) groups excluding carboxylic acids is 1. The van der Waals surface area contributed by atoms with Crippen LogP contribution < -0.4 is 5.32 Å². The molecule has 0 saturated heterocycles. The summed E-state index contributed by atoms with van der Waals surface area (Å²) in [4.78, 5) is 21.3. The summed E-state index contributed by atoms with van der Waals surface area (Å²) in [5.41, 5.74) is 3.75. The van der Waals surface area contributed by atoms with E-state index >= 15 is 0 Å². The number of nitrogens with one attached hydrogen (secondary N) is 1. The van der Waals surface area contributed by atoms with Crippen molar-refractivity contribution < 1.29 is 4.79 Å². The topological polar surface area (TPSA) is 59.3 Å². The van der Waals surface area contributed by atoms with Gasteiger partial charge in [-0.2, -0.15) is 0 Å². The fraction of sp³-hybridized carbons (Fsp3) is 0.381. The molecular weight excluding hydrogens is 324 g/mol. The predicted molar refractivity (Wildman–Crippen MR) is 103 cm³/mol. The van der Waals surface area contributed by atoms with E-state index in [1.54, 1.807) is 6.20 Å². The third-order valence-corrected chi connectivity index (χ3v) is 5.26. The molecule has 0 atom stereocenters. The maximum Gasteiger partial charge on any atom is 0.234 e. The fourth-order valence-electron chi connectivity index (χ4n) is 3.89. The average Bonchev–Trinajstić information content (AvgIpc) is 3.00. The van der Waals surface area contributed by atoms with Gasteiger partial charge in [-0.3, -0.25) is 9.20 Å². The number of hydrogen-bond donors (Lipinski definition) is 1. The van der Waals surface area contributed by atoms with Gasteiger partial charge in [0.2, 0.25) is 11.7 Å². The monoisotopic (exact) mass is 348 g/mol. The molecule has 2 aromatic heterocycles. The number of amides is 1. The maximum absolute atomic E-state index is 12.4. The number of fused-ring (bicyclic) bond motifs is 1. The third kappa shape index (κ3) is 3.47. The van der Waals surface area contributed by atoms with E-state index in [0.717, 1.165) is 22.6 Å². The molecule has 1 saturated carbocycles. The Morgan fingerprint density at radius 3 is 2.88 bits per heavy atom. The molecule has 0 aliphatic heterocycles. The molecule has 0 unspecified atom stereocenters. The summed E-state index contributed by atoms with van der Waals surface area (Å²) < 4.78 is 1.98. The van der Waals surface area contributed by atoms with E-state index < -0.39 is 0 Å². The lowest BCUT2D eigenvalue weighted by Crippen LogP contribution is -2.18. The molecule has 5 heteroatoms. The molecule has 0 spiro atoms. The Hall–Kier alpha value is -2.69. The molecule has 4 rings (SSSR count). The number of aryl methyl sites for hydroxylation is 1. The first-order valence-corrected chi connectivity index (χ1v) is 9.40. The minimum Gasteiger partial charge on any atom is -0.326 e. The lowest BCUT2D eigenvalue weighted by molar-refractivity contribution is -0.117. The number of nitrogens with zero attached hydrogens (tertiary/aromatic N) is 3. The number of imidazole rings is 1. The van der Waals surface area contributed by atoms with Gasteiger partial charge in [-0.15, -0.1) is 0 Å². The highest BCUT2D eigenvalue weighted by atomic mass is 16.1. The molecule has 1 fully saturated rings. The molecule has 5 nitrogen and oxygen atoms in total. The van der Waals surface area contributed by atoms with Crippen molar-refractivity contribution in [1.29, 1.82) is 0 Å². The molecule has 1 aliphatic carbocycles. The fourth-order valence-corrected chi connectivity index (χ4v) is 3.89. The van der Waals surface area contributed by atoms with E-state index in [9.17, 15) is 4.79 Å². The van der Waals surface area contributed by atoms with Crippen molar-refractivity contribution in [2.45, 2.75) is 45.4 Å². The van der Waals surface area contributed by atoms with Crippen LogP contribution in [0.1, 0.15) is 44.2 Å². The van der Waals surface area contributed by atoms with Crippen molar-refractivity contribution in [1.82, 2.24) is 14.4 Å². The van der Waals surface area contributed by atoms with Gasteiger partial charge in [0, 0.05) is 35.8 Å². The first kappa shape index (κ1) is 16.8. The molecule has 0 radical (unpaired) electrons. The Bertz CT molecular complexity index is 925. The number of aromatic nitrogens is 3. The molecule has 3 aromatic rings. The van der Waals surface area contributed by atoms with Crippen molar-refractivity contribution in [2.75, 3.05) is 5.32 Å². The lowest BCUT2D eigenvalue weighted by atomic mass is 9.87. The first-order chi connectivity index (χ1) is 12.7. The number of carbonyl (C=O) groups is 1. The Morgan fingerprint density at radius 2 is 2.08 bits per heavy atom. The predicted octanol–water partition coefficient (Wildman–Crippen LogP) is 4.61. The van der Waals surface area contributed by atoms with Gasteiger partial charge in [0.25, 0.3) is 0 Å². The summed E-state index contributed by atoms with van der Waals surface area (Å²) in [5, 5.41) is 3.06. The highest BCUT2D eigenvalue weighted by Gasteiger charge is 2.17. The van der Waals surface area contributed by atoms with Crippen LogP contribution in [0.15, 0.2) is 42.7 Å². The van der Waals surface area contributed by atoms with Crippen molar-refractivity contribution in [3.05, 3.63) is 48.4 Å². The van der Waals surface area contributed by atoms with Crippen LogP contribution in [0.4, 0.5) is 5.69 Å². The van der Waals surface area contributed by atoms with Crippen LogP contribution in [0, 0.1) is 12.8 Å². The molecule has 1 aliphatic rings. The zero-order chi connectivity index (χ0) is 17.9. The second kappa shape index (κ2) is 7.28. The molecule has 2 heterocycles. The Morgan fingerprint density at radius 1 is 1.23 bits per heavy atom. The standard InChI is InChI=1S/C21H24N4O/c1-15-20(24-21-22-11-6-12-25(15)21)17-9-5-10-18(14-17)23-19(26)13-16-7-3-2-4-8-16/h5-6,9-12,14,16H,2-4,7-8,13H2,1H3,(H,23,26). The number of rotatable bonds is 4. The van der Waals surface area contributed by atoms with Gasteiger partial charge in [0.15, 0.2) is 0 Å². The quantitative estimate of drug-likeness (QED) is 0.749. The minimum absolute atomic E-state index is 0.113. The summed E-state index contributed by atoms with van der Waals surface area (Å²) in [6.45, 7) is 2.03. The maximum atomic E-state index is 12.4. The van der Waals surface area contributed by atoms with Crippen LogP contribution in [0.2, 0.25) is 0 Å². The molecule has 1 aromatic carbocycles. The van der Waals surface area contributed by atoms with Gasteiger partial charge >= 0.3 is 0 Å². The van der Waals surface area contributed by atoms with Gasteiger partial charge < -0.3 is 5.32 Å². The van der Waals surface area contributed by atoms with Crippen LogP contribution in [0.25, 0.3) is 17.0 Å². The highest BCUT2D eigenvalue weighted by Crippen LogP contribution is 2.28. The normalized spacial score (nSPS) is 15.3. The van der Waals surface area contributed by atoms with Gasteiger partial charge in [-0.25, -0.2) is 9.97 Å². The van der Waals surface area contributed by atoms with Crippen LogP contribution in [0.3, 0.4) is 0 Å². The number of benzene rings is 1. The molecule has 1 amide bonds. The van der Waals surface area contributed by atoms with Crippen molar-refractivity contribution >= 4 is 17.4 Å². The first-order valence-electron chi connectivity index (χ1n) is 9.40. The van der Waals surface area contributed by atoms with Crippen molar-refractivity contribution in [3.8, 4) is 11.3 Å². The largest absolute Gasteiger partial charge is 0.326 e. The highest BCUT2D eigenvalue weighted by molar-refractivity contribution is 5.91. The van der Waals surface area contributed by atoms with Crippen LogP contribution in [-0.4, -0.2) is 20.3 Å². The van der Waals surface area contributed by atoms with Crippen LogP contribution in [0.5, 0.6) is 0 Å². The minimum atomic E-state index is 0.113. The lowest BCUT2D eigenvalue weighted by Gasteiger charge is -2.20. The van der Waals surface area contributed by atoms with E-state index in [-0.39, 0.29) is 5.91 Å². The molecule has 1 N–H and O–H groups in total. The van der Waals surface area contributed by atoms with E-state index in [4.69, 9.17) is 0 Å². The summed E-state index contributed by atoms with van der Waals surface area (Å²) >= 11 is 0. The van der Waals surface area contributed by atoms with Gasteiger partial charge in [0.1, 0.15) is 0 Å². The zero-order valence-corrected chi connectivity index (χ0v) is 15.1. The van der Waals surface area contributed by atoms with Crippen molar-refractivity contribution in [2.24, 2.45) is 5.92 Å². The summed E-state index contributed by atoms with van der Waals surface area (Å²) in [5.74, 6) is 1.34. The van der Waals surface area contributed by atoms with Gasteiger partial charge in [0.05, 0.1) is 5.69 Å². The second-order valence-electron chi connectivity index (χ2n) is 7.17. The van der Waals surface area contributed by atoms with Crippen LogP contribution >= 0.6 is 0 Å².